The molecule has 0 aromatic heterocycles. The molecule has 1 fully saturated rings. The maximum Gasteiger partial charge on any atom is 0.254 e. The molecule has 130 valence electrons. The van der Waals surface area contributed by atoms with Gasteiger partial charge in [-0.25, -0.2) is 0 Å². The van der Waals surface area contributed by atoms with Gasteiger partial charge in [0.15, 0.2) is 0 Å². The van der Waals surface area contributed by atoms with Crippen molar-refractivity contribution in [3.8, 4) is 0 Å². The summed E-state index contributed by atoms with van der Waals surface area (Å²) in [5, 5.41) is 2.92. The van der Waals surface area contributed by atoms with Gasteiger partial charge in [0.25, 0.3) is 11.8 Å². The third-order valence-corrected chi connectivity index (χ3v) is 4.37. The van der Waals surface area contributed by atoms with Crippen molar-refractivity contribution >= 4 is 11.8 Å². The van der Waals surface area contributed by atoms with Gasteiger partial charge in [-0.2, -0.15) is 0 Å². The molecule has 0 unspecified atom stereocenters. The van der Waals surface area contributed by atoms with E-state index in [1.807, 2.05) is 31.2 Å². The van der Waals surface area contributed by atoms with Crippen LogP contribution in [-0.2, 0) is 11.3 Å². The number of amides is 2. The van der Waals surface area contributed by atoms with E-state index in [4.69, 9.17) is 4.74 Å². The van der Waals surface area contributed by atoms with Crippen LogP contribution in [0.1, 0.15) is 31.8 Å². The van der Waals surface area contributed by atoms with Crippen LogP contribution in [0.3, 0.4) is 0 Å². The molecule has 0 spiro atoms. The molecule has 5 heteroatoms. The number of ether oxygens (including phenoxy) is 1. The van der Waals surface area contributed by atoms with E-state index < -0.39 is 0 Å². The van der Waals surface area contributed by atoms with Crippen molar-refractivity contribution in [1.29, 1.82) is 0 Å². The van der Waals surface area contributed by atoms with Crippen LogP contribution in [0.4, 0.5) is 0 Å². The Hall–Kier alpha value is -2.66. The fourth-order valence-electron chi connectivity index (χ4n) is 2.83. The second kappa shape index (κ2) is 7.94. The van der Waals surface area contributed by atoms with Crippen LogP contribution in [0.5, 0.6) is 0 Å². The molecule has 2 amide bonds. The van der Waals surface area contributed by atoms with E-state index in [0.29, 0.717) is 44.0 Å². The molecule has 0 saturated carbocycles. The van der Waals surface area contributed by atoms with Gasteiger partial charge in [-0.1, -0.05) is 30.3 Å². The van der Waals surface area contributed by atoms with E-state index in [2.05, 4.69) is 5.32 Å². The first-order valence-electron chi connectivity index (χ1n) is 8.45. The Morgan fingerprint density at radius 2 is 1.76 bits per heavy atom. The summed E-state index contributed by atoms with van der Waals surface area (Å²) in [7, 11) is 0. The van der Waals surface area contributed by atoms with Crippen LogP contribution in [0.25, 0.3) is 0 Å². The first-order valence-corrected chi connectivity index (χ1v) is 8.45. The third-order valence-electron chi connectivity index (χ3n) is 4.37. The maximum absolute atomic E-state index is 12.5. The Morgan fingerprint density at radius 1 is 1.04 bits per heavy atom. The smallest absolute Gasteiger partial charge is 0.254 e. The molecule has 2 aromatic carbocycles. The lowest BCUT2D eigenvalue weighted by Crippen LogP contribution is -2.40. The highest BCUT2D eigenvalue weighted by molar-refractivity contribution is 5.99. The highest BCUT2D eigenvalue weighted by Crippen LogP contribution is 2.11. The van der Waals surface area contributed by atoms with Crippen molar-refractivity contribution in [2.75, 3.05) is 26.3 Å². The number of hydrogen-bond donors (Lipinski definition) is 1. The minimum absolute atomic E-state index is 0.0585. The van der Waals surface area contributed by atoms with Gasteiger partial charge < -0.3 is 15.0 Å². The number of aryl methyl sites for hydroxylation is 1. The molecule has 0 bridgehead atoms. The first kappa shape index (κ1) is 17.2. The van der Waals surface area contributed by atoms with Crippen LogP contribution in [0.15, 0.2) is 48.5 Å². The minimum atomic E-state index is -0.181. The van der Waals surface area contributed by atoms with Crippen molar-refractivity contribution in [3.05, 3.63) is 70.8 Å². The van der Waals surface area contributed by atoms with Crippen molar-refractivity contribution in [1.82, 2.24) is 10.2 Å². The van der Waals surface area contributed by atoms with Crippen LogP contribution in [0.2, 0.25) is 0 Å². The van der Waals surface area contributed by atoms with E-state index in [1.54, 1.807) is 29.2 Å². The largest absolute Gasteiger partial charge is 0.378 e. The summed E-state index contributed by atoms with van der Waals surface area (Å²) in [5.41, 5.74) is 3.24. The number of nitrogens with zero attached hydrogens (tertiary/aromatic N) is 1. The number of carbonyl (C=O) groups is 2. The first-order chi connectivity index (χ1) is 12.1. The van der Waals surface area contributed by atoms with Gasteiger partial charge in [0.1, 0.15) is 0 Å². The molecule has 1 aliphatic heterocycles. The summed E-state index contributed by atoms with van der Waals surface area (Å²) < 4.78 is 5.27. The fraction of sp³-hybridized carbons (Fsp3) is 0.300. The van der Waals surface area contributed by atoms with Crippen LogP contribution < -0.4 is 5.32 Å². The molecule has 0 aliphatic carbocycles. The van der Waals surface area contributed by atoms with Crippen LogP contribution >= 0.6 is 0 Å². The molecule has 1 aliphatic rings. The zero-order valence-electron chi connectivity index (χ0n) is 14.3. The highest BCUT2D eigenvalue weighted by Gasteiger charge is 2.19. The van der Waals surface area contributed by atoms with Gasteiger partial charge in [0, 0.05) is 30.8 Å². The molecular weight excluding hydrogens is 316 g/mol. The Labute approximate surface area is 147 Å². The lowest BCUT2D eigenvalue weighted by Gasteiger charge is -2.27. The van der Waals surface area contributed by atoms with Crippen molar-refractivity contribution in [2.45, 2.75) is 13.5 Å². The number of morpholine rings is 1. The van der Waals surface area contributed by atoms with Gasteiger partial charge >= 0.3 is 0 Å². The number of benzene rings is 2. The summed E-state index contributed by atoms with van der Waals surface area (Å²) in [6, 6.07) is 14.8. The van der Waals surface area contributed by atoms with E-state index in [1.165, 1.54) is 0 Å². The van der Waals surface area contributed by atoms with Gasteiger partial charge in [-0.3, -0.25) is 9.59 Å². The predicted octanol–water partition coefficient (Wildman–Crippen LogP) is 2.40. The Kier molecular flexibility index (Phi) is 5.46. The highest BCUT2D eigenvalue weighted by atomic mass is 16.5. The molecule has 25 heavy (non-hydrogen) atoms. The predicted molar refractivity (Wildman–Crippen MR) is 95.5 cm³/mol. The lowest BCUT2D eigenvalue weighted by molar-refractivity contribution is 0.0303. The Morgan fingerprint density at radius 3 is 2.52 bits per heavy atom. The molecule has 1 saturated heterocycles. The number of nitrogens with one attached hydrogen (secondary N) is 1. The summed E-state index contributed by atoms with van der Waals surface area (Å²) >= 11 is 0. The third kappa shape index (κ3) is 4.25. The topological polar surface area (TPSA) is 58.6 Å². The van der Waals surface area contributed by atoms with Gasteiger partial charge in [-0.15, -0.1) is 0 Å². The second-order valence-electron chi connectivity index (χ2n) is 6.09. The molecule has 0 radical (unpaired) electrons. The zero-order valence-corrected chi connectivity index (χ0v) is 14.3. The van der Waals surface area contributed by atoms with E-state index in [-0.39, 0.29) is 11.8 Å². The molecule has 5 nitrogen and oxygen atoms in total. The SMILES string of the molecule is Cc1ccccc1CNC(=O)c1cccc(C(=O)N2CCOCC2)c1. The van der Waals surface area contributed by atoms with Crippen LogP contribution in [-0.4, -0.2) is 43.0 Å². The van der Waals surface area contributed by atoms with Crippen LogP contribution in [0, 0.1) is 6.92 Å². The number of hydrogen-bond acceptors (Lipinski definition) is 3. The molecular formula is C20H22N2O3. The zero-order chi connectivity index (χ0) is 17.6. The van der Waals surface area contributed by atoms with Crippen molar-refractivity contribution < 1.29 is 14.3 Å². The molecule has 3 rings (SSSR count). The van der Waals surface area contributed by atoms with Gasteiger partial charge in [0.2, 0.25) is 0 Å². The Bertz CT molecular complexity index is 767. The van der Waals surface area contributed by atoms with Crippen molar-refractivity contribution in [3.63, 3.8) is 0 Å². The monoisotopic (exact) mass is 338 g/mol. The minimum Gasteiger partial charge on any atom is -0.378 e. The average Bonchev–Trinajstić information content (AvgIpc) is 2.67. The quantitative estimate of drug-likeness (QED) is 0.931. The van der Waals surface area contributed by atoms with E-state index >= 15 is 0 Å². The maximum atomic E-state index is 12.5. The van der Waals surface area contributed by atoms with E-state index in [9.17, 15) is 9.59 Å². The molecule has 1 heterocycles. The summed E-state index contributed by atoms with van der Waals surface area (Å²) in [5.74, 6) is -0.239. The average molecular weight is 338 g/mol. The fourth-order valence-corrected chi connectivity index (χ4v) is 2.83. The second-order valence-corrected chi connectivity index (χ2v) is 6.09. The lowest BCUT2D eigenvalue weighted by atomic mass is 10.1. The van der Waals surface area contributed by atoms with Crippen molar-refractivity contribution in [2.24, 2.45) is 0 Å². The van der Waals surface area contributed by atoms with E-state index in [0.717, 1.165) is 11.1 Å². The molecule has 2 aromatic rings. The molecule has 0 atom stereocenters. The Balaban J connectivity index is 1.67. The summed E-state index contributed by atoms with van der Waals surface area (Å²) in [4.78, 5) is 26.7. The normalized spacial score (nSPS) is 14.2. The number of rotatable bonds is 4. The van der Waals surface area contributed by atoms with Gasteiger partial charge in [0.05, 0.1) is 13.2 Å². The molecule has 1 N–H and O–H groups in total. The van der Waals surface area contributed by atoms with Gasteiger partial charge in [-0.05, 0) is 36.2 Å². The standard InChI is InChI=1S/C20H22N2O3/c1-15-5-2-3-6-18(15)14-21-19(23)16-7-4-8-17(13-16)20(24)22-9-11-25-12-10-22/h2-8,13H,9-12,14H2,1H3,(H,21,23). The number of carbonyl (C=O) groups excluding carboxylic acids is 2. The summed E-state index contributed by atoms with van der Waals surface area (Å²) in [6.45, 7) is 4.77. The summed E-state index contributed by atoms with van der Waals surface area (Å²) in [6.07, 6.45) is 0.